The Bertz CT molecular complexity index is 176. The second-order valence-electron chi connectivity index (χ2n) is 5.81. The summed E-state index contributed by atoms with van der Waals surface area (Å²) in [6.45, 7) is 10.6. The van der Waals surface area contributed by atoms with Crippen molar-refractivity contribution in [3.05, 3.63) is 0 Å². The summed E-state index contributed by atoms with van der Waals surface area (Å²) in [5.74, 6) is 1.86. The van der Waals surface area contributed by atoms with E-state index in [0.717, 1.165) is 11.8 Å². The maximum atomic E-state index is 5.77. The minimum Gasteiger partial charge on any atom is -0.328 e. The second kappa shape index (κ2) is 7.29. The lowest BCUT2D eigenvalue weighted by Gasteiger charge is -2.24. The third-order valence-electron chi connectivity index (χ3n) is 3.59. The summed E-state index contributed by atoms with van der Waals surface area (Å²) >= 11 is 0. The largest absolute Gasteiger partial charge is 0.328 e. The molecule has 16 heavy (non-hydrogen) atoms. The van der Waals surface area contributed by atoms with Gasteiger partial charge in [0, 0.05) is 19.1 Å². The highest BCUT2D eigenvalue weighted by Crippen LogP contribution is 2.30. The van der Waals surface area contributed by atoms with E-state index in [1.54, 1.807) is 0 Å². The highest BCUT2D eigenvalue weighted by Gasteiger charge is 2.24. The van der Waals surface area contributed by atoms with Crippen LogP contribution in [0.4, 0.5) is 0 Å². The van der Waals surface area contributed by atoms with Crippen LogP contribution in [0.3, 0.4) is 0 Å². The molecule has 0 bridgehead atoms. The van der Waals surface area contributed by atoms with Gasteiger partial charge in [-0.1, -0.05) is 20.3 Å². The summed E-state index contributed by atoms with van der Waals surface area (Å²) in [5, 5.41) is 0. The Balaban J connectivity index is 2.07. The molecule has 1 saturated carbocycles. The van der Waals surface area contributed by atoms with Gasteiger partial charge < -0.3 is 10.6 Å². The summed E-state index contributed by atoms with van der Waals surface area (Å²) in [7, 11) is 0. The van der Waals surface area contributed by atoms with E-state index < -0.39 is 0 Å². The van der Waals surface area contributed by atoms with Gasteiger partial charge in [-0.15, -0.1) is 0 Å². The van der Waals surface area contributed by atoms with Gasteiger partial charge in [0.2, 0.25) is 0 Å². The quantitative estimate of drug-likeness (QED) is 0.655. The van der Waals surface area contributed by atoms with Crippen molar-refractivity contribution in [2.24, 2.45) is 17.6 Å². The molecule has 2 N–H and O–H groups in total. The molecule has 0 aromatic rings. The van der Waals surface area contributed by atoms with Gasteiger partial charge in [-0.3, -0.25) is 0 Å². The molecule has 1 rings (SSSR count). The van der Waals surface area contributed by atoms with E-state index in [0.29, 0.717) is 6.04 Å². The Hall–Kier alpha value is -0.0800. The molecule has 2 atom stereocenters. The first-order valence-corrected chi connectivity index (χ1v) is 7.09. The first kappa shape index (κ1) is 14.0. The molecule has 0 aromatic carbocycles. The van der Waals surface area contributed by atoms with Crippen LogP contribution in [0.1, 0.15) is 52.9 Å². The zero-order valence-corrected chi connectivity index (χ0v) is 11.4. The van der Waals surface area contributed by atoms with Crippen molar-refractivity contribution in [1.82, 2.24) is 4.90 Å². The number of rotatable bonds is 9. The van der Waals surface area contributed by atoms with Crippen molar-refractivity contribution in [2.75, 3.05) is 19.6 Å². The molecule has 2 unspecified atom stereocenters. The predicted molar refractivity (Wildman–Crippen MR) is 71.5 cm³/mol. The molecule has 0 spiro atoms. The van der Waals surface area contributed by atoms with Crippen LogP contribution in [-0.2, 0) is 0 Å². The third-order valence-corrected chi connectivity index (χ3v) is 3.59. The molecule has 0 aromatic heterocycles. The van der Waals surface area contributed by atoms with Crippen LogP contribution in [-0.4, -0.2) is 30.6 Å². The van der Waals surface area contributed by atoms with E-state index >= 15 is 0 Å². The summed E-state index contributed by atoms with van der Waals surface area (Å²) in [6.07, 6.45) is 6.74. The Kier molecular flexibility index (Phi) is 6.37. The molecule has 1 aliphatic carbocycles. The van der Waals surface area contributed by atoms with E-state index in [9.17, 15) is 0 Å². The SMILES string of the molecule is CCN(CC(C)CCCC(C)N)CC1CC1. The van der Waals surface area contributed by atoms with Crippen LogP contribution >= 0.6 is 0 Å². The Morgan fingerprint density at radius 3 is 2.44 bits per heavy atom. The Morgan fingerprint density at radius 1 is 1.25 bits per heavy atom. The number of hydrogen-bond donors (Lipinski definition) is 1. The highest BCUT2D eigenvalue weighted by atomic mass is 15.1. The molecular formula is C14H30N2. The molecule has 2 nitrogen and oxygen atoms in total. The fourth-order valence-corrected chi connectivity index (χ4v) is 2.32. The molecular weight excluding hydrogens is 196 g/mol. The van der Waals surface area contributed by atoms with Crippen LogP contribution in [0.25, 0.3) is 0 Å². The summed E-state index contributed by atoms with van der Waals surface area (Å²) in [4.78, 5) is 2.63. The average Bonchev–Trinajstić information content (AvgIpc) is 3.00. The standard InChI is InChI=1S/C14H30N2/c1-4-16(11-14-8-9-14)10-12(2)6-5-7-13(3)15/h12-14H,4-11,15H2,1-3H3. The molecule has 2 heteroatoms. The van der Waals surface area contributed by atoms with Gasteiger partial charge in [-0.2, -0.15) is 0 Å². The van der Waals surface area contributed by atoms with E-state index in [1.807, 2.05) is 0 Å². The van der Waals surface area contributed by atoms with Gasteiger partial charge >= 0.3 is 0 Å². The molecule has 0 amide bonds. The average molecular weight is 226 g/mol. The van der Waals surface area contributed by atoms with Crippen molar-refractivity contribution in [3.63, 3.8) is 0 Å². The van der Waals surface area contributed by atoms with Crippen LogP contribution in [0.15, 0.2) is 0 Å². The van der Waals surface area contributed by atoms with Crippen molar-refractivity contribution >= 4 is 0 Å². The van der Waals surface area contributed by atoms with Gasteiger partial charge in [-0.25, -0.2) is 0 Å². The van der Waals surface area contributed by atoms with Crippen molar-refractivity contribution in [3.8, 4) is 0 Å². The number of nitrogens with two attached hydrogens (primary N) is 1. The van der Waals surface area contributed by atoms with E-state index in [-0.39, 0.29) is 0 Å². The molecule has 0 saturated heterocycles. The second-order valence-corrected chi connectivity index (χ2v) is 5.81. The normalized spacial score (nSPS) is 20.1. The Labute approximate surface area is 102 Å². The van der Waals surface area contributed by atoms with Crippen LogP contribution in [0.5, 0.6) is 0 Å². The van der Waals surface area contributed by atoms with Gasteiger partial charge in [0.15, 0.2) is 0 Å². The van der Waals surface area contributed by atoms with Crippen LogP contribution < -0.4 is 5.73 Å². The van der Waals surface area contributed by atoms with Gasteiger partial charge in [0.25, 0.3) is 0 Å². The fourth-order valence-electron chi connectivity index (χ4n) is 2.32. The first-order valence-electron chi connectivity index (χ1n) is 7.09. The molecule has 1 aliphatic rings. The van der Waals surface area contributed by atoms with E-state index in [4.69, 9.17) is 5.73 Å². The molecule has 0 heterocycles. The van der Waals surface area contributed by atoms with E-state index in [2.05, 4.69) is 25.7 Å². The number of nitrogens with zero attached hydrogens (tertiary/aromatic N) is 1. The predicted octanol–water partition coefficient (Wildman–Crippen LogP) is 2.87. The van der Waals surface area contributed by atoms with Crippen LogP contribution in [0, 0.1) is 11.8 Å². The molecule has 1 fully saturated rings. The zero-order valence-electron chi connectivity index (χ0n) is 11.4. The maximum Gasteiger partial charge on any atom is 0.00104 e. The molecule has 0 radical (unpaired) electrons. The first-order chi connectivity index (χ1) is 7.61. The van der Waals surface area contributed by atoms with Crippen molar-refractivity contribution < 1.29 is 0 Å². The summed E-state index contributed by atoms with van der Waals surface area (Å²) < 4.78 is 0. The monoisotopic (exact) mass is 226 g/mol. The minimum atomic E-state index is 0.376. The van der Waals surface area contributed by atoms with Crippen molar-refractivity contribution in [2.45, 2.75) is 58.9 Å². The van der Waals surface area contributed by atoms with E-state index in [1.165, 1.54) is 51.7 Å². The highest BCUT2D eigenvalue weighted by molar-refractivity contribution is 4.77. The van der Waals surface area contributed by atoms with Gasteiger partial charge in [0.05, 0.1) is 0 Å². The summed E-state index contributed by atoms with van der Waals surface area (Å²) in [5.41, 5.74) is 5.77. The topological polar surface area (TPSA) is 29.3 Å². The lowest BCUT2D eigenvalue weighted by atomic mass is 10.0. The van der Waals surface area contributed by atoms with Crippen LogP contribution in [0.2, 0.25) is 0 Å². The van der Waals surface area contributed by atoms with Gasteiger partial charge in [0.1, 0.15) is 0 Å². The lowest BCUT2D eigenvalue weighted by Crippen LogP contribution is -2.30. The molecule has 0 aliphatic heterocycles. The summed E-state index contributed by atoms with van der Waals surface area (Å²) in [6, 6.07) is 0.376. The zero-order chi connectivity index (χ0) is 12.0. The Morgan fingerprint density at radius 2 is 1.94 bits per heavy atom. The molecule has 96 valence electrons. The minimum absolute atomic E-state index is 0.376. The fraction of sp³-hybridized carbons (Fsp3) is 1.00. The van der Waals surface area contributed by atoms with Crippen molar-refractivity contribution in [1.29, 1.82) is 0 Å². The maximum absolute atomic E-state index is 5.77. The smallest absolute Gasteiger partial charge is 0.00104 e. The van der Waals surface area contributed by atoms with Gasteiger partial charge in [-0.05, 0) is 51.0 Å². The third kappa shape index (κ3) is 6.49. The lowest BCUT2D eigenvalue weighted by molar-refractivity contribution is 0.231. The number of hydrogen-bond acceptors (Lipinski definition) is 2.